The van der Waals surface area contributed by atoms with Gasteiger partial charge in [0.15, 0.2) is 0 Å². The number of pyridine rings is 2. The third kappa shape index (κ3) is 4.63. The fraction of sp³-hybridized carbons (Fsp3) is 0.345. The Bertz CT molecular complexity index is 1580. The van der Waals surface area contributed by atoms with Gasteiger partial charge in [0.2, 0.25) is 0 Å². The normalized spacial score (nSPS) is 18.9. The summed E-state index contributed by atoms with van der Waals surface area (Å²) in [6.07, 6.45) is 2.61. The van der Waals surface area contributed by atoms with E-state index in [-0.39, 0.29) is 29.5 Å². The van der Waals surface area contributed by atoms with Crippen molar-refractivity contribution in [2.24, 2.45) is 7.05 Å². The van der Waals surface area contributed by atoms with E-state index in [2.05, 4.69) is 39.7 Å². The minimum atomic E-state index is -0.279. The molecule has 3 atom stereocenters. The average molecular weight is 512 g/mol. The lowest BCUT2D eigenvalue weighted by molar-refractivity contribution is 0.114. The number of fused-ring (bicyclic) bond motifs is 1. The standard InChI is InChI=1S/C29H30FN7O/c1-5-23-17-36(26-14-27(38)35(4)25-11-10-22(15-31)34-28(25)26)18(2)16-37(23)29(20-6-8-21(30)9-7-20)24-12-13-32-19(3)33-24/h6-14,18,23,29H,5,16-17H2,1-4H3/t18-,23+,29?/m0/s1. The van der Waals surface area contributed by atoms with Gasteiger partial charge in [-0.05, 0) is 56.2 Å². The second-order valence-corrected chi connectivity index (χ2v) is 9.85. The van der Waals surface area contributed by atoms with E-state index in [1.54, 1.807) is 36.0 Å². The molecule has 4 aromatic rings. The second-order valence-electron chi connectivity index (χ2n) is 9.85. The number of aryl methyl sites for hydroxylation is 2. The third-order valence-corrected chi connectivity index (χ3v) is 7.44. The number of hydrogen-bond acceptors (Lipinski definition) is 7. The Morgan fingerprint density at radius 3 is 2.58 bits per heavy atom. The number of aromatic nitrogens is 4. The van der Waals surface area contributed by atoms with Crippen molar-refractivity contribution < 1.29 is 4.39 Å². The van der Waals surface area contributed by atoms with Gasteiger partial charge in [0.05, 0.1) is 22.9 Å². The Labute approximate surface area is 221 Å². The number of rotatable bonds is 5. The first-order chi connectivity index (χ1) is 18.3. The molecule has 0 N–H and O–H groups in total. The van der Waals surface area contributed by atoms with Gasteiger partial charge in [-0.15, -0.1) is 0 Å². The summed E-state index contributed by atoms with van der Waals surface area (Å²) >= 11 is 0. The maximum absolute atomic E-state index is 13.8. The quantitative estimate of drug-likeness (QED) is 0.398. The Morgan fingerprint density at radius 1 is 1.13 bits per heavy atom. The van der Waals surface area contributed by atoms with Crippen molar-refractivity contribution in [2.45, 2.75) is 45.3 Å². The van der Waals surface area contributed by atoms with Crippen molar-refractivity contribution in [2.75, 3.05) is 18.0 Å². The number of halogens is 1. The van der Waals surface area contributed by atoms with Gasteiger partial charge in [0, 0.05) is 44.5 Å². The van der Waals surface area contributed by atoms with Gasteiger partial charge < -0.3 is 9.47 Å². The van der Waals surface area contributed by atoms with Gasteiger partial charge in [-0.1, -0.05) is 19.1 Å². The highest BCUT2D eigenvalue weighted by Gasteiger charge is 2.37. The zero-order valence-electron chi connectivity index (χ0n) is 22.0. The molecule has 1 aromatic carbocycles. The highest BCUT2D eigenvalue weighted by molar-refractivity contribution is 5.89. The van der Waals surface area contributed by atoms with Crippen LogP contribution in [0, 0.1) is 24.1 Å². The Morgan fingerprint density at radius 2 is 1.89 bits per heavy atom. The monoisotopic (exact) mass is 511 g/mol. The molecule has 0 amide bonds. The van der Waals surface area contributed by atoms with Crippen LogP contribution in [0.3, 0.4) is 0 Å². The van der Waals surface area contributed by atoms with E-state index >= 15 is 0 Å². The molecule has 0 spiro atoms. The minimum absolute atomic E-state index is 0.0199. The molecule has 1 unspecified atom stereocenters. The highest BCUT2D eigenvalue weighted by atomic mass is 19.1. The van der Waals surface area contributed by atoms with Crippen molar-refractivity contribution in [1.29, 1.82) is 5.26 Å². The maximum atomic E-state index is 13.8. The topological polar surface area (TPSA) is 90.9 Å². The van der Waals surface area contributed by atoms with Gasteiger partial charge in [-0.25, -0.2) is 19.3 Å². The number of nitriles is 1. The van der Waals surface area contributed by atoms with Crippen LogP contribution >= 0.6 is 0 Å². The molecule has 1 fully saturated rings. The summed E-state index contributed by atoms with van der Waals surface area (Å²) in [4.78, 5) is 31.2. The molecule has 8 nitrogen and oxygen atoms in total. The van der Waals surface area contributed by atoms with Gasteiger partial charge in [-0.2, -0.15) is 5.26 Å². The van der Waals surface area contributed by atoms with Crippen LogP contribution in [0.15, 0.2) is 59.5 Å². The molecule has 1 aliphatic heterocycles. The predicted octanol–water partition coefficient (Wildman–Crippen LogP) is 4.12. The molecule has 0 aliphatic carbocycles. The van der Waals surface area contributed by atoms with Gasteiger partial charge in [0.1, 0.15) is 28.9 Å². The second kappa shape index (κ2) is 10.3. The first-order valence-corrected chi connectivity index (χ1v) is 12.8. The number of nitrogens with zero attached hydrogens (tertiary/aromatic N) is 7. The molecule has 1 saturated heterocycles. The van der Waals surface area contributed by atoms with E-state index in [1.165, 1.54) is 12.1 Å². The maximum Gasteiger partial charge on any atom is 0.252 e. The fourth-order valence-corrected chi connectivity index (χ4v) is 5.48. The molecule has 0 radical (unpaired) electrons. The van der Waals surface area contributed by atoms with Crippen molar-refractivity contribution in [3.05, 3.63) is 93.7 Å². The van der Waals surface area contributed by atoms with Crippen LogP contribution < -0.4 is 10.5 Å². The first kappa shape index (κ1) is 25.5. The summed E-state index contributed by atoms with van der Waals surface area (Å²) in [5.41, 5.74) is 4.08. The van der Waals surface area contributed by atoms with Crippen molar-refractivity contribution in [3.8, 4) is 6.07 Å². The van der Waals surface area contributed by atoms with Crippen LogP contribution in [-0.4, -0.2) is 49.6 Å². The Hall–Kier alpha value is -4.16. The molecule has 194 valence electrons. The summed E-state index contributed by atoms with van der Waals surface area (Å²) in [6, 6.07) is 15.6. The highest BCUT2D eigenvalue weighted by Crippen LogP contribution is 2.36. The molecule has 9 heteroatoms. The van der Waals surface area contributed by atoms with Crippen molar-refractivity contribution in [1.82, 2.24) is 24.4 Å². The lowest BCUT2D eigenvalue weighted by Crippen LogP contribution is -2.58. The molecule has 0 saturated carbocycles. The van der Waals surface area contributed by atoms with Gasteiger partial charge in [-0.3, -0.25) is 9.69 Å². The van der Waals surface area contributed by atoms with Crippen LogP contribution in [0.4, 0.5) is 10.1 Å². The first-order valence-electron chi connectivity index (χ1n) is 12.8. The largest absolute Gasteiger partial charge is 0.364 e. The smallest absolute Gasteiger partial charge is 0.252 e. The van der Waals surface area contributed by atoms with E-state index in [1.807, 2.05) is 25.1 Å². The summed E-state index contributed by atoms with van der Waals surface area (Å²) in [7, 11) is 1.72. The summed E-state index contributed by atoms with van der Waals surface area (Å²) in [6.45, 7) is 7.47. The van der Waals surface area contributed by atoms with E-state index in [0.717, 1.165) is 23.4 Å². The number of hydrogen-bond donors (Lipinski definition) is 0. The van der Waals surface area contributed by atoms with Crippen LogP contribution in [0.5, 0.6) is 0 Å². The molecular formula is C29H30FN7O. The van der Waals surface area contributed by atoms with Gasteiger partial charge >= 0.3 is 0 Å². The summed E-state index contributed by atoms with van der Waals surface area (Å²) < 4.78 is 15.4. The zero-order chi connectivity index (χ0) is 27.0. The Kier molecular flexibility index (Phi) is 6.91. The SMILES string of the molecule is CC[C@@H]1CN(c2cc(=O)n(C)c3ccc(C#N)nc23)[C@@H](C)CN1C(c1ccc(F)cc1)c1ccnc(C)n1. The molecule has 5 rings (SSSR count). The van der Waals surface area contributed by atoms with E-state index in [4.69, 9.17) is 4.98 Å². The van der Waals surface area contributed by atoms with Crippen LogP contribution in [0.25, 0.3) is 11.0 Å². The molecule has 3 aromatic heterocycles. The summed E-state index contributed by atoms with van der Waals surface area (Å²) in [5.74, 6) is 0.402. The zero-order valence-corrected chi connectivity index (χ0v) is 22.0. The average Bonchev–Trinajstić information content (AvgIpc) is 2.92. The fourth-order valence-electron chi connectivity index (χ4n) is 5.48. The van der Waals surface area contributed by atoms with E-state index < -0.39 is 0 Å². The van der Waals surface area contributed by atoms with E-state index in [0.29, 0.717) is 35.6 Å². The van der Waals surface area contributed by atoms with Crippen LogP contribution in [0.1, 0.15) is 49.1 Å². The van der Waals surface area contributed by atoms with Crippen LogP contribution in [-0.2, 0) is 7.05 Å². The van der Waals surface area contributed by atoms with Crippen molar-refractivity contribution in [3.63, 3.8) is 0 Å². The molecule has 4 heterocycles. The predicted molar refractivity (Wildman–Crippen MR) is 144 cm³/mol. The lowest BCUT2D eigenvalue weighted by Gasteiger charge is -2.49. The number of benzene rings is 1. The summed E-state index contributed by atoms with van der Waals surface area (Å²) in [5, 5.41) is 9.47. The third-order valence-electron chi connectivity index (χ3n) is 7.44. The number of piperazine rings is 1. The van der Waals surface area contributed by atoms with Crippen molar-refractivity contribution >= 4 is 16.7 Å². The van der Waals surface area contributed by atoms with E-state index in [9.17, 15) is 14.4 Å². The number of anilines is 1. The Balaban J connectivity index is 1.59. The van der Waals surface area contributed by atoms with Crippen LogP contribution in [0.2, 0.25) is 0 Å². The minimum Gasteiger partial charge on any atom is -0.364 e. The molecule has 38 heavy (non-hydrogen) atoms. The molecule has 1 aliphatic rings. The lowest BCUT2D eigenvalue weighted by atomic mass is 9.95. The molecular weight excluding hydrogens is 481 g/mol. The van der Waals surface area contributed by atoms with Gasteiger partial charge in [0.25, 0.3) is 5.56 Å². The molecule has 0 bridgehead atoms.